The van der Waals surface area contributed by atoms with Crippen molar-refractivity contribution in [1.82, 2.24) is 15.1 Å². The summed E-state index contributed by atoms with van der Waals surface area (Å²) in [7, 11) is 1.25. The Morgan fingerprint density at radius 1 is 1.05 bits per heavy atom. The Morgan fingerprint density at radius 2 is 1.63 bits per heavy atom. The molecule has 7 amide bonds. The van der Waals surface area contributed by atoms with Gasteiger partial charge in [0.2, 0.25) is 18.8 Å². The number of hydrogen-bond donors (Lipinski definition) is 1. The number of urea groups is 3. The maximum atomic E-state index is 14.1. The van der Waals surface area contributed by atoms with Gasteiger partial charge in [-0.2, -0.15) is 4.99 Å². The number of hydrogen-bond acceptors (Lipinski definition) is 11. The van der Waals surface area contributed by atoms with Crippen molar-refractivity contribution in [2.24, 2.45) is 15.9 Å². The molecule has 0 aromatic heterocycles. The van der Waals surface area contributed by atoms with E-state index in [-0.39, 0.29) is 19.6 Å². The first kappa shape index (κ1) is 36.8. The largest absolute Gasteiger partial charge is 0.459 e. The Kier molecular flexibility index (Phi) is 12.3. The lowest BCUT2D eigenvalue weighted by Crippen LogP contribution is -2.77. The summed E-state index contributed by atoms with van der Waals surface area (Å²) in [5.74, 6) is -1.18. The number of carbonyl (C=O) groups excluding carboxylic acids is 7. The van der Waals surface area contributed by atoms with Gasteiger partial charge in [0, 0.05) is 23.6 Å². The molecule has 43 heavy (non-hydrogen) atoms. The molecule has 1 saturated heterocycles. The molecule has 0 aromatic rings. The minimum Gasteiger partial charge on any atom is -0.459 e. The highest BCUT2D eigenvalue weighted by atomic mass is 16.6. The minimum absolute atomic E-state index is 0.00350. The number of aliphatic imine (C=N–C) groups is 2. The molecular weight excluding hydrogens is 564 g/mol. The average molecular weight is 608 g/mol. The number of ether oxygens (including phenoxy) is 2. The second-order valence-corrected chi connectivity index (χ2v) is 12.3. The summed E-state index contributed by atoms with van der Waals surface area (Å²) in [6.45, 7) is 15.5. The highest BCUT2D eigenvalue weighted by Crippen LogP contribution is 2.37. The van der Waals surface area contributed by atoms with Gasteiger partial charge in [-0.1, -0.05) is 13.5 Å². The summed E-state index contributed by atoms with van der Waals surface area (Å²) >= 11 is 0. The van der Waals surface area contributed by atoms with Gasteiger partial charge in [-0.15, -0.1) is 9.48 Å². The summed E-state index contributed by atoms with van der Waals surface area (Å²) in [5.41, 5.74) is -3.39. The van der Waals surface area contributed by atoms with Crippen molar-refractivity contribution in [1.29, 1.82) is 0 Å². The Labute approximate surface area is 251 Å². The van der Waals surface area contributed by atoms with Crippen LogP contribution in [0, 0.1) is 5.92 Å². The summed E-state index contributed by atoms with van der Waals surface area (Å²) in [6.07, 6.45) is 3.44. The molecule has 0 saturated carbocycles. The number of esters is 1. The Hall–Kier alpha value is -4.19. The molecular formula is C28H43N6O9+. The van der Waals surface area contributed by atoms with Gasteiger partial charge < -0.3 is 14.8 Å². The topological polar surface area (TPSA) is 181 Å². The van der Waals surface area contributed by atoms with E-state index in [0.717, 1.165) is 15.9 Å². The Balaban J connectivity index is 3.44. The van der Waals surface area contributed by atoms with Gasteiger partial charge in [-0.3, -0.25) is 0 Å². The average Bonchev–Trinajstić information content (AvgIpc) is 2.87. The van der Waals surface area contributed by atoms with E-state index in [0.29, 0.717) is 6.42 Å². The van der Waals surface area contributed by atoms with Crippen LogP contribution in [0.2, 0.25) is 0 Å². The summed E-state index contributed by atoms with van der Waals surface area (Å²) in [6, 6.07) is -3.60. The van der Waals surface area contributed by atoms with Crippen molar-refractivity contribution in [2.75, 3.05) is 26.9 Å². The number of quaternary nitrogens is 1. The molecule has 1 fully saturated rings. The molecule has 1 N–H and O–H groups in total. The standard InChI is InChI=1S/C28H42N6O9/c1-11-20(28(8,9)30-18-36)19(3)32-23(39)33(25(41)34(10,24(32)40)16-29-17-35)27(6,7)15-26(4,5)31-22(38)43-14-13-42-21(37)12-2/h12,19-20H,2,11,13-16H2,1,3-10H3/p+1. The first-order valence-electron chi connectivity index (χ1n) is 13.7. The highest BCUT2D eigenvalue weighted by Gasteiger charge is 2.62. The molecule has 238 valence electrons. The van der Waals surface area contributed by atoms with Crippen LogP contribution >= 0.6 is 0 Å². The predicted molar refractivity (Wildman–Crippen MR) is 153 cm³/mol. The second kappa shape index (κ2) is 14.3. The van der Waals surface area contributed by atoms with Crippen molar-refractivity contribution < 1.29 is 47.5 Å². The van der Waals surface area contributed by atoms with Gasteiger partial charge in [0.15, 0.2) is 0 Å². The lowest BCUT2D eigenvalue weighted by molar-refractivity contribution is -0.756. The third-order valence-corrected chi connectivity index (χ3v) is 7.38. The first-order valence-corrected chi connectivity index (χ1v) is 13.7. The number of carbonyl (C=O) groups is 5. The van der Waals surface area contributed by atoms with Gasteiger partial charge in [0.05, 0.1) is 18.1 Å². The molecule has 1 heterocycles. The SMILES string of the molecule is C=CC(=O)OCCOC(=O)NC(C)(C)CC(C)(C)N1C(=O)N(C(C)C(CC)C(C)(C)N=C=O)C(=O)[N+](C)(CN=C=O)C1=O. The summed E-state index contributed by atoms with van der Waals surface area (Å²) in [4.78, 5) is 96.8. The fraction of sp³-hybridized carbons (Fsp3) is 0.679. The van der Waals surface area contributed by atoms with E-state index < -0.39 is 69.9 Å². The van der Waals surface area contributed by atoms with Crippen LogP contribution in [0.3, 0.4) is 0 Å². The molecule has 0 aromatic carbocycles. The van der Waals surface area contributed by atoms with Crippen molar-refractivity contribution in [3.05, 3.63) is 12.7 Å². The molecule has 15 heteroatoms. The van der Waals surface area contributed by atoms with Crippen LogP contribution in [0.5, 0.6) is 0 Å². The van der Waals surface area contributed by atoms with Gasteiger partial charge in [0.25, 0.3) is 0 Å². The number of alkyl carbamates (subject to hydrolysis) is 1. The molecule has 1 aliphatic rings. The van der Waals surface area contributed by atoms with Crippen molar-refractivity contribution in [3.63, 3.8) is 0 Å². The van der Waals surface area contributed by atoms with Crippen LogP contribution in [0.25, 0.3) is 0 Å². The van der Waals surface area contributed by atoms with E-state index in [9.17, 15) is 33.6 Å². The number of rotatable bonds is 15. The number of isocyanates is 2. The number of imide groups is 3. The number of amides is 7. The minimum atomic E-state index is -1.31. The van der Waals surface area contributed by atoms with E-state index in [4.69, 9.17) is 9.47 Å². The van der Waals surface area contributed by atoms with E-state index >= 15 is 0 Å². The lowest BCUT2D eigenvalue weighted by Gasteiger charge is -2.50. The van der Waals surface area contributed by atoms with E-state index in [2.05, 4.69) is 21.9 Å². The van der Waals surface area contributed by atoms with Crippen LogP contribution in [0.15, 0.2) is 22.6 Å². The Bertz CT molecular complexity index is 1220. The zero-order valence-corrected chi connectivity index (χ0v) is 26.4. The van der Waals surface area contributed by atoms with Crippen LogP contribution < -0.4 is 5.32 Å². The molecule has 15 nitrogen and oxygen atoms in total. The smallest absolute Gasteiger partial charge is 0.438 e. The fourth-order valence-corrected chi connectivity index (χ4v) is 5.63. The second-order valence-electron chi connectivity index (χ2n) is 12.3. The molecule has 0 aliphatic carbocycles. The first-order chi connectivity index (χ1) is 19.8. The summed E-state index contributed by atoms with van der Waals surface area (Å²) in [5, 5.41) is 2.67. The van der Waals surface area contributed by atoms with Crippen molar-refractivity contribution >= 4 is 42.3 Å². The van der Waals surface area contributed by atoms with Gasteiger partial charge in [-0.05, 0) is 61.3 Å². The molecule has 3 atom stereocenters. The fourth-order valence-electron chi connectivity index (χ4n) is 5.63. The lowest BCUT2D eigenvalue weighted by atomic mass is 9.80. The van der Waals surface area contributed by atoms with Crippen LogP contribution in [0.4, 0.5) is 19.2 Å². The molecule has 1 rings (SSSR count). The molecule has 1 aliphatic heterocycles. The quantitative estimate of drug-likeness (QED) is 0.0726. The Morgan fingerprint density at radius 3 is 2.14 bits per heavy atom. The van der Waals surface area contributed by atoms with Crippen molar-refractivity contribution in [2.45, 2.75) is 90.9 Å². The third kappa shape index (κ3) is 8.66. The molecule has 3 unspecified atom stereocenters. The van der Waals surface area contributed by atoms with Crippen LogP contribution in [-0.4, -0.2) is 106 Å². The zero-order chi connectivity index (χ0) is 33.4. The molecule has 0 spiro atoms. The third-order valence-electron chi connectivity index (χ3n) is 7.38. The monoisotopic (exact) mass is 607 g/mol. The number of nitrogens with zero attached hydrogens (tertiary/aromatic N) is 5. The zero-order valence-electron chi connectivity index (χ0n) is 26.4. The highest BCUT2D eigenvalue weighted by molar-refractivity contribution is 6.06. The predicted octanol–water partition coefficient (Wildman–Crippen LogP) is 3.64. The molecule has 0 bridgehead atoms. The van der Waals surface area contributed by atoms with Gasteiger partial charge >= 0.3 is 30.2 Å². The van der Waals surface area contributed by atoms with Gasteiger partial charge in [-0.25, -0.2) is 43.4 Å². The maximum absolute atomic E-state index is 14.1. The van der Waals surface area contributed by atoms with E-state index in [1.165, 1.54) is 13.1 Å². The van der Waals surface area contributed by atoms with Crippen LogP contribution in [-0.2, 0) is 23.9 Å². The summed E-state index contributed by atoms with van der Waals surface area (Å²) < 4.78 is 8.75. The van der Waals surface area contributed by atoms with E-state index in [1.807, 2.05) is 6.92 Å². The normalized spacial score (nSPS) is 19.0. The van der Waals surface area contributed by atoms with Crippen LogP contribution in [0.1, 0.15) is 68.2 Å². The maximum Gasteiger partial charge on any atom is 0.438 e. The van der Waals surface area contributed by atoms with Gasteiger partial charge in [0.1, 0.15) is 13.2 Å². The van der Waals surface area contributed by atoms with E-state index in [1.54, 1.807) is 54.5 Å². The molecule has 0 radical (unpaired) electrons. The number of nitrogens with one attached hydrogen (secondary N) is 1. The van der Waals surface area contributed by atoms with Crippen molar-refractivity contribution in [3.8, 4) is 0 Å².